The Bertz CT molecular complexity index is 614. The van der Waals surface area contributed by atoms with Gasteiger partial charge in [-0.05, 0) is 45.0 Å². The first-order valence-corrected chi connectivity index (χ1v) is 7.86. The Balaban J connectivity index is 2.07. The summed E-state index contributed by atoms with van der Waals surface area (Å²) in [7, 11) is 0. The second-order valence-corrected chi connectivity index (χ2v) is 6.03. The van der Waals surface area contributed by atoms with Crippen molar-refractivity contribution in [2.45, 2.75) is 32.6 Å². The molecule has 1 aromatic carbocycles. The predicted octanol–water partition coefficient (Wildman–Crippen LogP) is 4.17. The van der Waals surface area contributed by atoms with Crippen LogP contribution < -0.4 is 10.1 Å². The van der Waals surface area contributed by atoms with E-state index < -0.39 is 6.36 Å². The standard InChI is InChI=1S/C15H17F3N2O2S/c1-4-20-9(2)13(10(3)21)23-14(20)19-11-5-7-12(8-6-11)22-15(16,17)18/h5-8,14,19H,4H2,1-3H3. The first kappa shape index (κ1) is 17.5. The van der Waals surface area contributed by atoms with Crippen molar-refractivity contribution in [2.75, 3.05) is 11.9 Å². The van der Waals surface area contributed by atoms with Crippen LogP contribution in [0.4, 0.5) is 18.9 Å². The van der Waals surface area contributed by atoms with Crippen LogP contribution in [0.2, 0.25) is 0 Å². The van der Waals surface area contributed by atoms with E-state index in [4.69, 9.17) is 0 Å². The van der Waals surface area contributed by atoms with E-state index in [9.17, 15) is 18.0 Å². The number of carbonyl (C=O) groups is 1. The number of hydrogen-bond donors (Lipinski definition) is 1. The molecular weight excluding hydrogens is 329 g/mol. The smallest absolute Gasteiger partial charge is 0.406 e. The molecule has 2 rings (SSSR count). The number of thioether (sulfide) groups is 1. The second-order valence-electron chi connectivity index (χ2n) is 4.94. The number of allylic oxidation sites excluding steroid dienone is 2. The van der Waals surface area contributed by atoms with Crippen molar-refractivity contribution in [1.82, 2.24) is 4.90 Å². The molecule has 1 atom stereocenters. The van der Waals surface area contributed by atoms with Gasteiger partial charge >= 0.3 is 6.36 Å². The average Bonchev–Trinajstić information content (AvgIpc) is 2.75. The van der Waals surface area contributed by atoms with E-state index in [2.05, 4.69) is 10.1 Å². The van der Waals surface area contributed by atoms with Gasteiger partial charge in [-0.3, -0.25) is 4.79 Å². The maximum Gasteiger partial charge on any atom is 0.573 e. The Morgan fingerprint density at radius 2 is 1.96 bits per heavy atom. The highest BCUT2D eigenvalue weighted by Crippen LogP contribution is 2.38. The molecule has 1 aliphatic rings. The fourth-order valence-electron chi connectivity index (χ4n) is 2.31. The average molecular weight is 346 g/mol. The van der Waals surface area contributed by atoms with Crippen LogP contribution in [0.5, 0.6) is 5.75 Å². The van der Waals surface area contributed by atoms with Crippen molar-refractivity contribution >= 4 is 23.2 Å². The van der Waals surface area contributed by atoms with Crippen LogP contribution in [0.3, 0.4) is 0 Å². The lowest BCUT2D eigenvalue weighted by atomic mass is 10.3. The number of nitrogens with one attached hydrogen (secondary N) is 1. The fourth-order valence-corrected chi connectivity index (χ4v) is 3.62. The van der Waals surface area contributed by atoms with Gasteiger partial charge < -0.3 is 15.0 Å². The van der Waals surface area contributed by atoms with E-state index in [1.165, 1.54) is 43.0 Å². The molecule has 1 N–H and O–H groups in total. The molecule has 0 saturated carbocycles. The van der Waals surface area contributed by atoms with Crippen LogP contribution in [0, 0.1) is 0 Å². The number of carbonyl (C=O) groups excluding carboxylic acids is 1. The number of alkyl halides is 3. The van der Waals surface area contributed by atoms with Gasteiger partial charge in [0.15, 0.2) is 11.3 Å². The van der Waals surface area contributed by atoms with Crippen LogP contribution in [0.25, 0.3) is 0 Å². The van der Waals surface area contributed by atoms with Crippen LogP contribution in [-0.4, -0.2) is 29.1 Å². The van der Waals surface area contributed by atoms with E-state index in [0.29, 0.717) is 17.1 Å². The Labute approximate surface area is 136 Å². The van der Waals surface area contributed by atoms with Gasteiger partial charge in [-0.25, -0.2) is 0 Å². The lowest BCUT2D eigenvalue weighted by molar-refractivity contribution is -0.274. The summed E-state index contributed by atoms with van der Waals surface area (Å²) in [6.07, 6.45) is -4.70. The Morgan fingerprint density at radius 1 is 1.35 bits per heavy atom. The molecule has 0 saturated heterocycles. The van der Waals surface area contributed by atoms with Gasteiger partial charge in [-0.2, -0.15) is 0 Å². The third-order valence-corrected chi connectivity index (χ3v) is 4.72. The summed E-state index contributed by atoms with van der Waals surface area (Å²) in [5.41, 5.74) is 1.38. The van der Waals surface area contributed by atoms with Gasteiger partial charge in [0, 0.05) is 17.9 Å². The first-order valence-electron chi connectivity index (χ1n) is 6.98. The zero-order valence-corrected chi connectivity index (χ0v) is 13.7. The summed E-state index contributed by atoms with van der Waals surface area (Å²) in [4.78, 5) is 14.4. The molecule has 0 aromatic heterocycles. The topological polar surface area (TPSA) is 41.6 Å². The SMILES string of the molecule is CCN1C(C)=C(C(C)=O)SC1Nc1ccc(OC(F)(F)F)cc1. The quantitative estimate of drug-likeness (QED) is 0.867. The van der Waals surface area contributed by atoms with Crippen molar-refractivity contribution in [3.05, 3.63) is 34.9 Å². The number of benzene rings is 1. The summed E-state index contributed by atoms with van der Waals surface area (Å²) in [6.45, 7) is 6.09. The summed E-state index contributed by atoms with van der Waals surface area (Å²) in [5.74, 6) is -0.266. The number of rotatable bonds is 5. The van der Waals surface area contributed by atoms with Gasteiger partial charge in [-0.1, -0.05) is 11.8 Å². The molecule has 0 spiro atoms. The fraction of sp³-hybridized carbons (Fsp3) is 0.400. The molecule has 0 bridgehead atoms. The van der Waals surface area contributed by atoms with E-state index in [1.54, 1.807) is 0 Å². The molecule has 0 aliphatic carbocycles. The van der Waals surface area contributed by atoms with Crippen LogP contribution in [0.1, 0.15) is 20.8 Å². The highest BCUT2D eigenvalue weighted by Gasteiger charge is 2.32. The molecular formula is C15H17F3N2O2S. The van der Waals surface area contributed by atoms with Crippen molar-refractivity contribution < 1.29 is 22.7 Å². The minimum absolute atomic E-state index is 0.00387. The molecule has 23 heavy (non-hydrogen) atoms. The lowest BCUT2D eigenvalue weighted by Gasteiger charge is -2.27. The van der Waals surface area contributed by atoms with Gasteiger partial charge in [0.25, 0.3) is 0 Å². The molecule has 0 fully saturated rings. The second kappa shape index (κ2) is 6.74. The summed E-state index contributed by atoms with van der Waals surface area (Å²) >= 11 is 1.40. The maximum absolute atomic E-state index is 12.1. The van der Waals surface area contributed by atoms with E-state index in [1.807, 2.05) is 18.7 Å². The molecule has 1 heterocycles. The Morgan fingerprint density at radius 3 is 2.43 bits per heavy atom. The predicted molar refractivity (Wildman–Crippen MR) is 83.9 cm³/mol. The molecule has 1 aliphatic heterocycles. The maximum atomic E-state index is 12.1. The minimum atomic E-state index is -4.70. The van der Waals surface area contributed by atoms with Gasteiger partial charge in [-0.15, -0.1) is 13.2 Å². The highest BCUT2D eigenvalue weighted by molar-refractivity contribution is 8.04. The zero-order chi connectivity index (χ0) is 17.2. The van der Waals surface area contributed by atoms with Gasteiger partial charge in [0.1, 0.15) is 5.75 Å². The molecule has 8 heteroatoms. The third-order valence-electron chi connectivity index (χ3n) is 3.31. The van der Waals surface area contributed by atoms with Crippen molar-refractivity contribution in [3.8, 4) is 5.75 Å². The number of anilines is 1. The van der Waals surface area contributed by atoms with Crippen LogP contribution >= 0.6 is 11.8 Å². The van der Waals surface area contributed by atoms with E-state index >= 15 is 0 Å². The monoisotopic (exact) mass is 346 g/mol. The van der Waals surface area contributed by atoms with Crippen molar-refractivity contribution in [2.24, 2.45) is 0 Å². The molecule has 126 valence electrons. The normalized spacial score (nSPS) is 18.3. The lowest BCUT2D eigenvalue weighted by Crippen LogP contribution is -2.33. The molecule has 4 nitrogen and oxygen atoms in total. The highest BCUT2D eigenvalue weighted by atomic mass is 32.2. The Hall–Kier alpha value is -1.83. The van der Waals surface area contributed by atoms with Gasteiger partial charge in [0.05, 0.1) is 4.91 Å². The first-order chi connectivity index (χ1) is 10.7. The summed E-state index contributed by atoms with van der Waals surface area (Å²) < 4.78 is 40.3. The minimum Gasteiger partial charge on any atom is -0.406 e. The van der Waals surface area contributed by atoms with Crippen LogP contribution in [0.15, 0.2) is 34.9 Å². The molecule has 1 unspecified atom stereocenters. The number of ketones is 1. The third kappa shape index (κ3) is 4.34. The molecule has 0 amide bonds. The molecule has 1 aromatic rings. The van der Waals surface area contributed by atoms with E-state index in [0.717, 1.165) is 5.70 Å². The molecule has 0 radical (unpaired) electrons. The number of nitrogens with zero attached hydrogens (tertiary/aromatic N) is 1. The Kier molecular flexibility index (Phi) is 5.13. The summed E-state index contributed by atoms with van der Waals surface area (Å²) in [6, 6.07) is 5.52. The van der Waals surface area contributed by atoms with Crippen LogP contribution in [-0.2, 0) is 4.79 Å². The van der Waals surface area contributed by atoms with Crippen molar-refractivity contribution in [3.63, 3.8) is 0 Å². The van der Waals surface area contributed by atoms with Gasteiger partial charge in [0.2, 0.25) is 0 Å². The van der Waals surface area contributed by atoms with Crippen molar-refractivity contribution in [1.29, 1.82) is 0 Å². The number of Topliss-reactive ketones (excluding diaryl/α,β-unsaturated/α-hetero) is 1. The largest absolute Gasteiger partial charge is 0.573 e. The number of hydrogen-bond acceptors (Lipinski definition) is 5. The zero-order valence-electron chi connectivity index (χ0n) is 12.9. The van der Waals surface area contributed by atoms with E-state index in [-0.39, 0.29) is 17.0 Å². The number of halogens is 3. The summed E-state index contributed by atoms with van der Waals surface area (Å²) in [5, 5.41) is 3.21. The number of ether oxygens (including phenoxy) is 1.